The fraction of sp³-hybridized carbons (Fsp3) is 0.600. The normalized spacial score (nSPS) is 29.2. The molecule has 0 unspecified atom stereocenters. The molecule has 0 aromatic carbocycles. The van der Waals surface area contributed by atoms with Gasteiger partial charge in [-0.1, -0.05) is 42.2 Å². The second kappa shape index (κ2) is 8.20. The topological polar surface area (TPSA) is 92.6 Å². The molecule has 1 saturated heterocycles. The van der Waals surface area contributed by atoms with Gasteiger partial charge in [-0.25, -0.2) is 4.79 Å². The Kier molecular flexibility index (Phi) is 5.81. The van der Waals surface area contributed by atoms with Gasteiger partial charge < -0.3 is 14.7 Å². The minimum absolute atomic E-state index is 0.106. The van der Waals surface area contributed by atoms with Gasteiger partial charge in [0, 0.05) is 11.7 Å². The van der Waals surface area contributed by atoms with Crippen molar-refractivity contribution in [2.24, 2.45) is 17.8 Å². The van der Waals surface area contributed by atoms with Gasteiger partial charge >= 0.3 is 5.97 Å². The number of aryl methyl sites for hydroxylation is 1. The Morgan fingerprint density at radius 2 is 2.28 bits per heavy atom. The molecule has 156 valence electrons. The molecule has 1 aliphatic carbocycles. The van der Waals surface area contributed by atoms with Gasteiger partial charge in [-0.2, -0.15) is 0 Å². The van der Waals surface area contributed by atoms with Crippen molar-refractivity contribution in [2.75, 3.05) is 12.4 Å². The zero-order chi connectivity index (χ0) is 20.7. The third-order valence-corrected chi connectivity index (χ3v) is 8.12. The van der Waals surface area contributed by atoms with E-state index in [0.29, 0.717) is 5.70 Å². The summed E-state index contributed by atoms with van der Waals surface area (Å²) in [7, 11) is 0. The van der Waals surface area contributed by atoms with Gasteiger partial charge in [0.25, 0.3) is 0 Å². The molecule has 3 heterocycles. The number of carbonyl (C=O) groups excluding carboxylic acids is 2. The minimum Gasteiger partial charge on any atom is -0.457 e. The molecule has 1 amide bonds. The average molecular weight is 436 g/mol. The summed E-state index contributed by atoms with van der Waals surface area (Å²) in [5.41, 5.74) is 1.43. The van der Waals surface area contributed by atoms with E-state index in [2.05, 4.69) is 16.8 Å². The third-order valence-electron chi connectivity index (χ3n) is 5.98. The summed E-state index contributed by atoms with van der Waals surface area (Å²) in [4.78, 5) is 27.3. The highest BCUT2D eigenvalue weighted by atomic mass is 32.2. The highest BCUT2D eigenvalue weighted by Gasteiger charge is 2.62. The van der Waals surface area contributed by atoms with Gasteiger partial charge in [0.2, 0.25) is 5.91 Å². The van der Waals surface area contributed by atoms with Gasteiger partial charge in [-0.15, -0.1) is 10.2 Å². The van der Waals surface area contributed by atoms with E-state index < -0.39 is 18.0 Å². The Hall–Kier alpha value is -1.71. The number of hydrogen-bond donors (Lipinski definition) is 1. The van der Waals surface area contributed by atoms with Crippen LogP contribution in [0, 0.1) is 24.7 Å². The van der Waals surface area contributed by atoms with E-state index in [4.69, 9.17) is 4.74 Å². The molecular weight excluding hydrogens is 410 g/mol. The first-order chi connectivity index (χ1) is 13.9. The lowest BCUT2D eigenvalue weighted by Gasteiger charge is -2.47. The van der Waals surface area contributed by atoms with E-state index in [0.717, 1.165) is 39.9 Å². The predicted molar refractivity (Wildman–Crippen MR) is 110 cm³/mol. The second-order valence-electron chi connectivity index (χ2n) is 7.79. The van der Waals surface area contributed by atoms with Gasteiger partial charge in [-0.3, -0.25) is 4.79 Å². The summed E-state index contributed by atoms with van der Waals surface area (Å²) in [5, 5.41) is 19.3. The Bertz CT molecular complexity index is 866. The minimum atomic E-state index is -0.729. The molecular formula is C20H25N3O4S2. The van der Waals surface area contributed by atoms with Crippen molar-refractivity contribution in [3.63, 3.8) is 0 Å². The largest absolute Gasteiger partial charge is 0.457 e. The van der Waals surface area contributed by atoms with Crippen molar-refractivity contribution in [1.82, 2.24) is 15.1 Å². The Balaban J connectivity index is 1.64. The predicted octanol–water partition coefficient (Wildman–Crippen LogP) is 2.56. The van der Waals surface area contributed by atoms with E-state index in [9.17, 15) is 14.7 Å². The lowest BCUT2D eigenvalue weighted by molar-refractivity contribution is -0.164. The number of amides is 1. The molecule has 5 atom stereocenters. The van der Waals surface area contributed by atoms with Gasteiger partial charge in [0.1, 0.15) is 17.3 Å². The smallest absolute Gasteiger partial charge is 0.355 e. The summed E-state index contributed by atoms with van der Waals surface area (Å²) in [6.07, 6.45) is 3.71. The first kappa shape index (κ1) is 20.6. The van der Waals surface area contributed by atoms with Crippen LogP contribution in [0.15, 0.2) is 28.3 Å². The maximum atomic E-state index is 12.9. The van der Waals surface area contributed by atoms with Crippen LogP contribution in [0.5, 0.6) is 0 Å². The van der Waals surface area contributed by atoms with Crippen LogP contribution < -0.4 is 0 Å². The van der Waals surface area contributed by atoms with Crippen LogP contribution >= 0.6 is 23.1 Å². The molecule has 7 nitrogen and oxygen atoms in total. The quantitative estimate of drug-likeness (QED) is 0.304. The molecule has 1 aromatic heterocycles. The number of fused-ring (bicyclic) bond motifs is 3. The van der Waals surface area contributed by atoms with Crippen LogP contribution in [0.3, 0.4) is 0 Å². The summed E-state index contributed by atoms with van der Waals surface area (Å²) in [6.45, 7) is 7.29. The average Bonchev–Trinajstić information content (AvgIpc) is 3.23. The van der Waals surface area contributed by atoms with Crippen LogP contribution in [0.25, 0.3) is 0 Å². The maximum Gasteiger partial charge on any atom is 0.355 e. The highest BCUT2D eigenvalue weighted by Crippen LogP contribution is 2.54. The van der Waals surface area contributed by atoms with Crippen LogP contribution in [-0.4, -0.2) is 56.6 Å². The number of aromatic nitrogens is 2. The summed E-state index contributed by atoms with van der Waals surface area (Å²) in [5.74, 6) is -0.0300. The molecule has 9 heteroatoms. The summed E-state index contributed by atoms with van der Waals surface area (Å²) in [6, 6.07) is -0.139. The number of β-lactam (4-membered cyclic amide) rings is 1. The molecule has 0 spiro atoms. The first-order valence-electron chi connectivity index (χ1n) is 9.90. The van der Waals surface area contributed by atoms with E-state index >= 15 is 0 Å². The number of thioether (sulfide) groups is 1. The van der Waals surface area contributed by atoms with Crippen molar-refractivity contribution >= 4 is 35.0 Å². The van der Waals surface area contributed by atoms with Crippen molar-refractivity contribution in [3.05, 3.63) is 28.9 Å². The number of carbonyl (C=O) groups is 2. The van der Waals surface area contributed by atoms with Crippen molar-refractivity contribution < 1.29 is 19.4 Å². The Morgan fingerprint density at radius 3 is 2.93 bits per heavy atom. The molecule has 1 aromatic rings. The van der Waals surface area contributed by atoms with Crippen LogP contribution in [0.1, 0.15) is 31.2 Å². The van der Waals surface area contributed by atoms with E-state index in [-0.39, 0.29) is 30.4 Å². The fourth-order valence-corrected chi connectivity index (χ4v) is 6.88. The van der Waals surface area contributed by atoms with Crippen molar-refractivity contribution in [2.45, 2.75) is 49.6 Å². The molecule has 0 radical (unpaired) electrons. The summed E-state index contributed by atoms with van der Waals surface area (Å²) >= 11 is 3.21. The van der Waals surface area contributed by atoms with Gasteiger partial charge in [0.05, 0.1) is 18.1 Å². The van der Waals surface area contributed by atoms with E-state index in [1.807, 2.05) is 6.92 Å². The number of esters is 1. The zero-order valence-electron chi connectivity index (χ0n) is 16.5. The lowest BCUT2D eigenvalue weighted by Crippen LogP contribution is -2.64. The summed E-state index contributed by atoms with van der Waals surface area (Å²) < 4.78 is 6.25. The van der Waals surface area contributed by atoms with Crippen LogP contribution in [0.2, 0.25) is 0 Å². The molecule has 2 fully saturated rings. The Morgan fingerprint density at radius 1 is 1.48 bits per heavy atom. The number of rotatable bonds is 7. The SMILES string of the molecule is C=CCOC(=O)C1=C2[C@@H](CSc3nnc(C)s3)CCC[C@@H]2[C@@H]2[C@@H]([C@@H](C)O)C(=O)N12. The number of hydrogen-bond acceptors (Lipinski definition) is 8. The molecule has 0 bridgehead atoms. The van der Waals surface area contributed by atoms with Crippen molar-refractivity contribution in [1.29, 1.82) is 0 Å². The van der Waals surface area contributed by atoms with Crippen LogP contribution in [0.4, 0.5) is 0 Å². The maximum absolute atomic E-state index is 12.9. The number of nitrogens with zero attached hydrogens (tertiary/aromatic N) is 3. The van der Waals surface area contributed by atoms with Gasteiger partial charge in [0.15, 0.2) is 4.34 Å². The van der Waals surface area contributed by atoms with Crippen LogP contribution in [-0.2, 0) is 14.3 Å². The number of aliphatic hydroxyl groups excluding tert-OH is 1. The Labute approximate surface area is 178 Å². The molecule has 3 aliphatic rings. The number of ether oxygens (including phenoxy) is 1. The number of aliphatic hydroxyl groups is 1. The lowest BCUT2D eigenvalue weighted by atomic mass is 9.70. The second-order valence-corrected chi connectivity index (χ2v) is 10.2. The molecule has 1 N–H and O–H groups in total. The molecule has 1 saturated carbocycles. The fourth-order valence-electron chi connectivity index (χ4n) is 4.87. The first-order valence-corrected chi connectivity index (χ1v) is 11.7. The zero-order valence-corrected chi connectivity index (χ0v) is 18.2. The standard InChI is InChI=1S/C20H25N3O4S2/c1-4-8-27-19(26)17-15-12(9-28-20-22-21-11(3)29-20)6-5-7-13(15)16-14(10(2)24)18(25)23(16)17/h4,10,12-14,16,24H,1,5-9H2,2-3H3/t10-,12-,13+,14-,16-/m1/s1. The molecule has 29 heavy (non-hydrogen) atoms. The van der Waals surface area contributed by atoms with Gasteiger partial charge in [-0.05, 0) is 38.2 Å². The third kappa shape index (κ3) is 3.53. The highest BCUT2D eigenvalue weighted by molar-refractivity contribution is 8.01. The molecule has 4 rings (SSSR count). The van der Waals surface area contributed by atoms with E-state index in [1.165, 1.54) is 6.08 Å². The monoisotopic (exact) mass is 435 g/mol. The van der Waals surface area contributed by atoms with Crippen molar-refractivity contribution in [3.8, 4) is 0 Å². The van der Waals surface area contributed by atoms with E-state index in [1.54, 1.807) is 34.9 Å². The molecule has 2 aliphatic heterocycles.